The van der Waals surface area contributed by atoms with Crippen molar-refractivity contribution in [1.29, 1.82) is 0 Å². The van der Waals surface area contributed by atoms with Crippen LogP contribution in [0.25, 0.3) is 6.08 Å². The van der Waals surface area contributed by atoms with Gasteiger partial charge in [0.05, 0.1) is 13.2 Å². The fraction of sp³-hybridized carbons (Fsp3) is 0.211. The normalized spacial score (nSPS) is 12.1. The zero-order valence-corrected chi connectivity index (χ0v) is 13.2. The molecule has 22 heavy (non-hydrogen) atoms. The molecule has 0 fully saturated rings. The number of ether oxygens (including phenoxy) is 1. The second kappa shape index (κ2) is 7.46. The van der Waals surface area contributed by atoms with Gasteiger partial charge in [-0.2, -0.15) is 0 Å². The lowest BCUT2D eigenvalue weighted by molar-refractivity contribution is -0.117. The van der Waals surface area contributed by atoms with Crippen LogP contribution in [0.4, 0.5) is 0 Å². The molecule has 0 aliphatic carbocycles. The van der Waals surface area contributed by atoms with E-state index in [1.54, 1.807) is 13.2 Å². The van der Waals surface area contributed by atoms with Gasteiger partial charge >= 0.3 is 0 Å². The maximum atomic E-state index is 12.0. The summed E-state index contributed by atoms with van der Waals surface area (Å²) in [5, 5.41) is 2.95. The van der Waals surface area contributed by atoms with Gasteiger partial charge in [-0.1, -0.05) is 42.0 Å². The van der Waals surface area contributed by atoms with E-state index in [0.717, 1.165) is 16.9 Å². The summed E-state index contributed by atoms with van der Waals surface area (Å²) in [5.74, 6) is 0.699. The number of nitrogens with one attached hydrogen (secondary N) is 1. The average molecular weight is 295 g/mol. The van der Waals surface area contributed by atoms with Crippen molar-refractivity contribution in [2.45, 2.75) is 19.9 Å². The van der Waals surface area contributed by atoms with E-state index < -0.39 is 0 Å². The van der Waals surface area contributed by atoms with Gasteiger partial charge in [-0.15, -0.1) is 0 Å². The molecule has 0 saturated carbocycles. The number of aryl methyl sites for hydroxylation is 1. The predicted octanol–water partition coefficient (Wildman–Crippen LogP) is 3.89. The lowest BCUT2D eigenvalue weighted by atomic mass is 10.1. The summed E-state index contributed by atoms with van der Waals surface area (Å²) < 4.78 is 5.13. The van der Waals surface area contributed by atoms with E-state index in [4.69, 9.17) is 4.74 Å². The van der Waals surface area contributed by atoms with Crippen LogP contribution in [0.3, 0.4) is 0 Å². The van der Waals surface area contributed by atoms with Crippen molar-refractivity contribution >= 4 is 12.0 Å². The molecule has 2 rings (SSSR count). The molecule has 0 aromatic heterocycles. The number of amides is 1. The van der Waals surface area contributed by atoms with Gasteiger partial charge in [0.1, 0.15) is 5.75 Å². The molecule has 3 nitrogen and oxygen atoms in total. The van der Waals surface area contributed by atoms with Crippen molar-refractivity contribution in [1.82, 2.24) is 5.32 Å². The van der Waals surface area contributed by atoms with E-state index >= 15 is 0 Å². The minimum absolute atomic E-state index is 0.0546. The van der Waals surface area contributed by atoms with Crippen LogP contribution in [0, 0.1) is 6.92 Å². The van der Waals surface area contributed by atoms with Crippen LogP contribution in [0.15, 0.2) is 54.6 Å². The standard InChI is InChI=1S/C19H21NO2/c1-14-4-6-16(7-5-14)8-13-19(21)20-15(2)17-9-11-18(22-3)12-10-17/h4-13,15H,1-3H3,(H,20,21)/b13-8+/t15-/m1/s1. The number of benzene rings is 2. The van der Waals surface area contributed by atoms with Crippen LogP contribution in [-0.2, 0) is 4.79 Å². The van der Waals surface area contributed by atoms with Crippen molar-refractivity contribution < 1.29 is 9.53 Å². The summed E-state index contributed by atoms with van der Waals surface area (Å²) in [6.07, 6.45) is 3.38. The summed E-state index contributed by atoms with van der Waals surface area (Å²) in [5.41, 5.74) is 3.26. The van der Waals surface area contributed by atoms with Crippen LogP contribution in [0.1, 0.15) is 29.7 Å². The molecule has 0 radical (unpaired) electrons. The molecule has 0 spiro atoms. The summed E-state index contributed by atoms with van der Waals surface area (Å²) in [4.78, 5) is 12.0. The SMILES string of the molecule is COc1ccc([C@@H](C)NC(=O)/C=C/c2ccc(C)cc2)cc1. The first-order valence-corrected chi connectivity index (χ1v) is 7.27. The number of hydrogen-bond acceptors (Lipinski definition) is 2. The molecule has 0 saturated heterocycles. The number of rotatable bonds is 5. The quantitative estimate of drug-likeness (QED) is 0.850. The predicted molar refractivity (Wildman–Crippen MR) is 89.8 cm³/mol. The Balaban J connectivity index is 1.94. The Hall–Kier alpha value is -2.55. The average Bonchev–Trinajstić information content (AvgIpc) is 2.54. The van der Waals surface area contributed by atoms with E-state index in [2.05, 4.69) is 5.32 Å². The summed E-state index contributed by atoms with van der Waals surface area (Å²) in [6, 6.07) is 15.7. The second-order valence-electron chi connectivity index (χ2n) is 5.25. The van der Waals surface area contributed by atoms with Gasteiger partial charge in [-0.3, -0.25) is 4.79 Å². The molecule has 2 aromatic rings. The Morgan fingerprint density at radius 3 is 2.32 bits per heavy atom. The van der Waals surface area contributed by atoms with E-state index in [0.29, 0.717) is 0 Å². The smallest absolute Gasteiger partial charge is 0.244 e. The van der Waals surface area contributed by atoms with E-state index in [1.165, 1.54) is 5.56 Å². The monoisotopic (exact) mass is 295 g/mol. The van der Waals surface area contributed by atoms with Crippen LogP contribution in [-0.4, -0.2) is 13.0 Å². The molecule has 0 aliphatic heterocycles. The number of hydrogen-bond donors (Lipinski definition) is 1. The molecular weight excluding hydrogens is 274 g/mol. The van der Waals surface area contributed by atoms with Crippen molar-refractivity contribution in [3.8, 4) is 5.75 Å². The highest BCUT2D eigenvalue weighted by atomic mass is 16.5. The molecule has 2 aromatic carbocycles. The molecule has 114 valence electrons. The molecule has 3 heteroatoms. The minimum atomic E-state index is -0.108. The topological polar surface area (TPSA) is 38.3 Å². The third kappa shape index (κ3) is 4.48. The van der Waals surface area contributed by atoms with E-state index in [1.807, 2.05) is 68.5 Å². The molecule has 0 heterocycles. The zero-order valence-electron chi connectivity index (χ0n) is 13.2. The summed E-state index contributed by atoms with van der Waals surface area (Å²) in [7, 11) is 1.64. The highest BCUT2D eigenvalue weighted by molar-refractivity contribution is 5.91. The van der Waals surface area contributed by atoms with Gasteiger partial charge in [0.2, 0.25) is 5.91 Å². The Morgan fingerprint density at radius 2 is 1.73 bits per heavy atom. The Morgan fingerprint density at radius 1 is 1.09 bits per heavy atom. The summed E-state index contributed by atoms with van der Waals surface area (Å²) in [6.45, 7) is 4.00. The van der Waals surface area contributed by atoms with Gasteiger partial charge in [-0.05, 0) is 43.2 Å². The molecule has 0 unspecified atom stereocenters. The van der Waals surface area contributed by atoms with Crippen LogP contribution in [0.2, 0.25) is 0 Å². The van der Waals surface area contributed by atoms with Crippen molar-refractivity contribution in [2.24, 2.45) is 0 Å². The van der Waals surface area contributed by atoms with Gasteiger partial charge in [0.15, 0.2) is 0 Å². The Labute approximate surface area is 131 Å². The van der Waals surface area contributed by atoms with Crippen LogP contribution < -0.4 is 10.1 Å². The largest absolute Gasteiger partial charge is 0.497 e. The van der Waals surface area contributed by atoms with Gasteiger partial charge in [-0.25, -0.2) is 0 Å². The molecule has 1 atom stereocenters. The fourth-order valence-electron chi connectivity index (χ4n) is 2.09. The van der Waals surface area contributed by atoms with Crippen molar-refractivity contribution in [2.75, 3.05) is 7.11 Å². The second-order valence-corrected chi connectivity index (χ2v) is 5.25. The van der Waals surface area contributed by atoms with Gasteiger partial charge in [0, 0.05) is 6.08 Å². The van der Waals surface area contributed by atoms with Gasteiger partial charge < -0.3 is 10.1 Å². The molecule has 1 N–H and O–H groups in total. The van der Waals surface area contributed by atoms with E-state index in [-0.39, 0.29) is 11.9 Å². The first kappa shape index (κ1) is 15.8. The molecule has 1 amide bonds. The summed E-state index contributed by atoms with van der Waals surface area (Å²) >= 11 is 0. The number of methoxy groups -OCH3 is 1. The number of carbonyl (C=O) groups is 1. The lowest BCUT2D eigenvalue weighted by Gasteiger charge is -2.13. The Bertz CT molecular complexity index is 642. The van der Waals surface area contributed by atoms with Crippen molar-refractivity contribution in [3.63, 3.8) is 0 Å². The first-order valence-electron chi connectivity index (χ1n) is 7.27. The Kier molecular flexibility index (Phi) is 5.37. The first-order chi connectivity index (χ1) is 10.6. The maximum absolute atomic E-state index is 12.0. The third-order valence-electron chi connectivity index (χ3n) is 3.48. The maximum Gasteiger partial charge on any atom is 0.244 e. The molecule has 0 bridgehead atoms. The van der Waals surface area contributed by atoms with Crippen LogP contribution in [0.5, 0.6) is 5.75 Å². The van der Waals surface area contributed by atoms with Gasteiger partial charge in [0.25, 0.3) is 0 Å². The zero-order chi connectivity index (χ0) is 15.9. The fourth-order valence-corrected chi connectivity index (χ4v) is 2.09. The highest BCUT2D eigenvalue weighted by Gasteiger charge is 2.07. The molecule has 0 aliphatic rings. The van der Waals surface area contributed by atoms with Crippen molar-refractivity contribution in [3.05, 3.63) is 71.3 Å². The van der Waals surface area contributed by atoms with E-state index in [9.17, 15) is 4.79 Å². The molecular formula is C19H21NO2. The minimum Gasteiger partial charge on any atom is -0.497 e. The lowest BCUT2D eigenvalue weighted by Crippen LogP contribution is -2.24. The highest BCUT2D eigenvalue weighted by Crippen LogP contribution is 2.17. The van der Waals surface area contributed by atoms with Crippen LogP contribution >= 0.6 is 0 Å². The third-order valence-corrected chi connectivity index (χ3v) is 3.48. The number of carbonyl (C=O) groups excluding carboxylic acids is 1.